The van der Waals surface area contributed by atoms with Gasteiger partial charge in [-0.3, -0.25) is 0 Å². The molecule has 0 aliphatic heterocycles. The Labute approximate surface area is 178 Å². The molecule has 0 unspecified atom stereocenters. The average molecular weight is 478 g/mol. The molecule has 26 heavy (non-hydrogen) atoms. The van der Waals surface area contributed by atoms with E-state index in [1.165, 1.54) is 33.4 Å². The summed E-state index contributed by atoms with van der Waals surface area (Å²) >= 11 is 0. The zero-order valence-electron chi connectivity index (χ0n) is 15.8. The van der Waals surface area contributed by atoms with Gasteiger partial charge in [0, 0.05) is 34.4 Å². The van der Waals surface area contributed by atoms with E-state index in [2.05, 4.69) is 98.0 Å². The summed E-state index contributed by atoms with van der Waals surface area (Å²) < 4.78 is 4.49. The molecule has 0 aliphatic rings. The van der Waals surface area contributed by atoms with Crippen molar-refractivity contribution >= 4 is 0 Å². The summed E-state index contributed by atoms with van der Waals surface area (Å²) in [6.45, 7) is 10.5. The molecule has 0 N–H and O–H groups in total. The van der Waals surface area contributed by atoms with E-state index in [4.69, 9.17) is 0 Å². The Hall–Kier alpha value is -1.52. The predicted molar refractivity (Wildman–Crippen MR) is 96.9 cm³/mol. The zero-order valence-corrected chi connectivity index (χ0v) is 19.0. The van der Waals surface area contributed by atoms with Crippen LogP contribution in [0.4, 0.5) is 0 Å². The van der Waals surface area contributed by atoms with Crippen molar-refractivity contribution in [3.8, 4) is 0 Å². The molecule has 3 aromatic rings. The van der Waals surface area contributed by atoms with Crippen LogP contribution in [0.2, 0.25) is 0 Å². The Bertz CT molecular complexity index is 786. The third-order valence-corrected chi connectivity index (χ3v) is 4.75. The Morgan fingerprint density at radius 3 is 1.19 bits per heavy atom. The molecule has 138 valence electrons. The fourth-order valence-electron chi connectivity index (χ4n) is 2.83. The maximum atomic E-state index is 2.25. The van der Waals surface area contributed by atoms with Crippen molar-refractivity contribution in [2.75, 3.05) is 0 Å². The van der Waals surface area contributed by atoms with Gasteiger partial charge < -0.3 is 34.0 Å². The summed E-state index contributed by atoms with van der Waals surface area (Å²) in [6.07, 6.45) is 8.74. The second-order valence-corrected chi connectivity index (χ2v) is 6.78. The maximum absolute atomic E-state index is 2.25. The molecule has 0 amide bonds. The van der Waals surface area contributed by atoms with Crippen molar-refractivity contribution in [2.24, 2.45) is 0 Å². The van der Waals surface area contributed by atoms with Crippen LogP contribution < -0.4 is 43.1 Å². The van der Waals surface area contributed by atoms with Gasteiger partial charge in [-0.2, -0.15) is 0 Å². The maximum Gasteiger partial charge on any atom is 0.173 e. The molecular formula is C22H26Br2N2. The van der Waals surface area contributed by atoms with E-state index in [1.54, 1.807) is 0 Å². The first kappa shape index (κ1) is 22.5. The van der Waals surface area contributed by atoms with Crippen LogP contribution >= 0.6 is 0 Å². The van der Waals surface area contributed by atoms with Crippen molar-refractivity contribution in [1.29, 1.82) is 0 Å². The van der Waals surface area contributed by atoms with Crippen molar-refractivity contribution < 1.29 is 43.1 Å². The summed E-state index contributed by atoms with van der Waals surface area (Å²) in [5.41, 5.74) is 8.01. The molecule has 0 saturated heterocycles. The number of hydrogen-bond acceptors (Lipinski definition) is 0. The van der Waals surface area contributed by atoms with Gasteiger partial charge in [0.25, 0.3) is 0 Å². The first-order valence-electron chi connectivity index (χ1n) is 8.52. The fourth-order valence-corrected chi connectivity index (χ4v) is 2.83. The summed E-state index contributed by atoms with van der Waals surface area (Å²) in [6, 6.07) is 13.3. The third-order valence-electron chi connectivity index (χ3n) is 4.75. The third kappa shape index (κ3) is 5.75. The summed E-state index contributed by atoms with van der Waals surface area (Å²) in [5.74, 6) is 0. The quantitative estimate of drug-likeness (QED) is 0.370. The van der Waals surface area contributed by atoms with Crippen molar-refractivity contribution in [3.63, 3.8) is 0 Å². The highest BCUT2D eigenvalue weighted by Gasteiger charge is 2.07. The van der Waals surface area contributed by atoms with Crippen LogP contribution in [0.25, 0.3) is 0 Å². The highest BCUT2D eigenvalue weighted by molar-refractivity contribution is 5.22. The minimum atomic E-state index is 0. The highest BCUT2D eigenvalue weighted by Crippen LogP contribution is 2.07. The first-order valence-corrected chi connectivity index (χ1v) is 8.52. The van der Waals surface area contributed by atoms with E-state index in [9.17, 15) is 0 Å². The Kier molecular flexibility index (Phi) is 8.65. The number of hydrogen-bond donors (Lipinski definition) is 0. The second kappa shape index (κ2) is 9.98. The normalized spacial score (nSPS) is 10.0. The Balaban J connectivity index is 0.00000169. The van der Waals surface area contributed by atoms with Crippen LogP contribution in [0.15, 0.2) is 61.2 Å². The van der Waals surface area contributed by atoms with Crippen LogP contribution in [-0.4, -0.2) is 0 Å². The monoisotopic (exact) mass is 476 g/mol. The van der Waals surface area contributed by atoms with Gasteiger partial charge in [-0.05, 0) is 38.8 Å². The van der Waals surface area contributed by atoms with E-state index in [-0.39, 0.29) is 34.0 Å². The summed E-state index contributed by atoms with van der Waals surface area (Å²) in [4.78, 5) is 0. The predicted octanol–water partition coefficient (Wildman–Crippen LogP) is -2.40. The van der Waals surface area contributed by atoms with Gasteiger partial charge in [0.05, 0.1) is 0 Å². The number of halogens is 2. The lowest BCUT2D eigenvalue weighted by Crippen LogP contribution is -3.00. The lowest BCUT2D eigenvalue weighted by Gasteiger charge is -2.03. The number of aromatic nitrogens is 2. The van der Waals surface area contributed by atoms with Crippen LogP contribution in [0, 0.1) is 27.7 Å². The van der Waals surface area contributed by atoms with Crippen LogP contribution in [0.3, 0.4) is 0 Å². The van der Waals surface area contributed by atoms with Crippen LogP contribution in [-0.2, 0) is 13.1 Å². The first-order chi connectivity index (χ1) is 11.5. The molecule has 0 aliphatic carbocycles. The average Bonchev–Trinajstić information content (AvgIpc) is 2.56. The molecule has 4 heteroatoms. The standard InChI is InChI=1S/C22H26N2.2BrH/c1-17-9-11-23(13-19(17)3)15-21-5-7-22(8-6-21)16-24-12-10-18(2)20(4)14-24;;/h5-14H,15-16H2,1-4H3;2*1H/q+2;;/p-2. The molecular weight excluding hydrogens is 452 g/mol. The van der Waals surface area contributed by atoms with Gasteiger partial charge >= 0.3 is 0 Å². The van der Waals surface area contributed by atoms with E-state index in [0.717, 1.165) is 13.1 Å². The van der Waals surface area contributed by atoms with Gasteiger partial charge in [-0.1, -0.05) is 24.3 Å². The molecule has 2 aromatic heterocycles. The van der Waals surface area contributed by atoms with Gasteiger partial charge in [0.15, 0.2) is 37.9 Å². The van der Waals surface area contributed by atoms with Crippen LogP contribution in [0.5, 0.6) is 0 Å². The van der Waals surface area contributed by atoms with E-state index >= 15 is 0 Å². The highest BCUT2D eigenvalue weighted by atomic mass is 79.9. The van der Waals surface area contributed by atoms with Gasteiger partial charge in [-0.15, -0.1) is 0 Å². The molecule has 2 nitrogen and oxygen atoms in total. The SMILES string of the molecule is Cc1cc[n+](Cc2ccc(C[n+]3ccc(C)c(C)c3)cc2)cc1C.[Br-].[Br-]. The molecule has 0 spiro atoms. The molecule has 0 radical (unpaired) electrons. The minimum absolute atomic E-state index is 0. The molecule has 0 fully saturated rings. The van der Waals surface area contributed by atoms with Gasteiger partial charge in [0.1, 0.15) is 0 Å². The molecule has 2 heterocycles. The number of pyridine rings is 2. The van der Waals surface area contributed by atoms with E-state index in [1.807, 2.05) is 0 Å². The molecule has 3 rings (SSSR count). The van der Waals surface area contributed by atoms with Gasteiger partial charge in [0.2, 0.25) is 0 Å². The smallest absolute Gasteiger partial charge is 0.173 e. The molecule has 0 saturated carbocycles. The van der Waals surface area contributed by atoms with Crippen molar-refractivity contribution in [1.82, 2.24) is 0 Å². The Morgan fingerprint density at radius 1 is 0.538 bits per heavy atom. The lowest BCUT2D eigenvalue weighted by molar-refractivity contribution is -0.689. The van der Waals surface area contributed by atoms with Crippen LogP contribution in [0.1, 0.15) is 33.4 Å². The van der Waals surface area contributed by atoms with Gasteiger partial charge in [-0.25, -0.2) is 9.13 Å². The fraction of sp³-hybridized carbons (Fsp3) is 0.273. The molecule has 1 aromatic carbocycles. The van der Waals surface area contributed by atoms with Crippen molar-refractivity contribution in [3.05, 3.63) is 94.6 Å². The summed E-state index contributed by atoms with van der Waals surface area (Å²) in [7, 11) is 0. The second-order valence-electron chi connectivity index (χ2n) is 6.78. The summed E-state index contributed by atoms with van der Waals surface area (Å²) in [5, 5.41) is 0. The number of rotatable bonds is 4. The van der Waals surface area contributed by atoms with E-state index in [0.29, 0.717) is 0 Å². The zero-order chi connectivity index (χ0) is 17.1. The minimum Gasteiger partial charge on any atom is -1.00 e. The molecule has 0 atom stereocenters. The largest absolute Gasteiger partial charge is 1.00 e. The Morgan fingerprint density at radius 2 is 0.885 bits per heavy atom. The molecule has 0 bridgehead atoms. The topological polar surface area (TPSA) is 7.76 Å². The lowest BCUT2D eigenvalue weighted by atomic mass is 10.1. The van der Waals surface area contributed by atoms with E-state index < -0.39 is 0 Å². The number of aryl methyl sites for hydroxylation is 4. The number of benzene rings is 1. The van der Waals surface area contributed by atoms with Crippen molar-refractivity contribution in [2.45, 2.75) is 40.8 Å². The number of nitrogens with zero attached hydrogens (tertiary/aromatic N) is 2.